The van der Waals surface area contributed by atoms with E-state index in [1.165, 1.54) is 14.1 Å². The highest BCUT2D eigenvalue weighted by molar-refractivity contribution is 7.89. The molecule has 2 amide bonds. The average molecular weight is 263 g/mol. The number of rotatable bonds is 5. The summed E-state index contributed by atoms with van der Waals surface area (Å²) in [5.74, 6) is -0.951. The number of hydrogen-bond donors (Lipinski definition) is 2. The third-order valence-corrected chi connectivity index (χ3v) is 4.40. The van der Waals surface area contributed by atoms with Gasteiger partial charge >= 0.3 is 0 Å². The minimum Gasteiger partial charge on any atom is -0.355 e. The van der Waals surface area contributed by atoms with Crippen LogP contribution in [0.15, 0.2) is 0 Å². The second kappa shape index (κ2) is 5.46. The molecule has 1 aliphatic rings. The van der Waals surface area contributed by atoms with Crippen LogP contribution in [0.2, 0.25) is 0 Å². The molecule has 0 aromatic rings. The molecule has 1 atom stereocenters. The van der Waals surface area contributed by atoms with E-state index in [2.05, 4.69) is 10.6 Å². The highest BCUT2D eigenvalue weighted by Crippen LogP contribution is 2.08. The summed E-state index contributed by atoms with van der Waals surface area (Å²) in [6, 6.07) is 0. The molecule has 8 heteroatoms. The molecule has 1 saturated heterocycles. The van der Waals surface area contributed by atoms with Gasteiger partial charge in [-0.05, 0) is 0 Å². The maximum Gasteiger partial charge on any atom is 0.225 e. The Balaban J connectivity index is 2.32. The van der Waals surface area contributed by atoms with Crippen molar-refractivity contribution in [2.75, 3.05) is 32.9 Å². The molecule has 0 aliphatic carbocycles. The van der Waals surface area contributed by atoms with E-state index in [0.29, 0.717) is 6.54 Å². The van der Waals surface area contributed by atoms with Gasteiger partial charge in [0.25, 0.3) is 0 Å². The molecule has 0 bridgehead atoms. The largest absolute Gasteiger partial charge is 0.355 e. The molecule has 1 rings (SSSR count). The van der Waals surface area contributed by atoms with Gasteiger partial charge in [0.2, 0.25) is 21.8 Å². The molecule has 1 fully saturated rings. The Labute approximate surface area is 101 Å². The summed E-state index contributed by atoms with van der Waals surface area (Å²) >= 11 is 0. The first-order valence-corrected chi connectivity index (χ1v) is 6.88. The second-order valence-corrected chi connectivity index (χ2v) is 6.40. The van der Waals surface area contributed by atoms with Crippen LogP contribution in [0, 0.1) is 5.92 Å². The van der Waals surface area contributed by atoms with Crippen molar-refractivity contribution in [3.8, 4) is 0 Å². The predicted octanol–water partition coefficient (Wildman–Crippen LogP) is -1.87. The van der Waals surface area contributed by atoms with Gasteiger partial charge < -0.3 is 10.6 Å². The molecular formula is C9H17N3O4S. The van der Waals surface area contributed by atoms with Crippen molar-refractivity contribution in [2.24, 2.45) is 5.92 Å². The Kier molecular flexibility index (Phi) is 4.47. The van der Waals surface area contributed by atoms with Crippen LogP contribution in [0.3, 0.4) is 0 Å². The highest BCUT2D eigenvalue weighted by atomic mass is 32.2. The molecule has 0 radical (unpaired) electrons. The van der Waals surface area contributed by atoms with Crippen molar-refractivity contribution in [2.45, 2.75) is 6.42 Å². The molecule has 98 valence electrons. The van der Waals surface area contributed by atoms with Crippen LogP contribution in [-0.4, -0.2) is 57.5 Å². The number of amides is 2. The van der Waals surface area contributed by atoms with Crippen LogP contribution in [0.1, 0.15) is 6.42 Å². The summed E-state index contributed by atoms with van der Waals surface area (Å²) in [4.78, 5) is 22.4. The van der Waals surface area contributed by atoms with Gasteiger partial charge in [0.05, 0.1) is 11.7 Å². The van der Waals surface area contributed by atoms with Crippen molar-refractivity contribution in [1.29, 1.82) is 0 Å². The summed E-state index contributed by atoms with van der Waals surface area (Å²) in [5.41, 5.74) is 0. The Bertz CT molecular complexity index is 404. The lowest BCUT2D eigenvalue weighted by Gasteiger charge is -2.12. The van der Waals surface area contributed by atoms with Crippen LogP contribution < -0.4 is 10.6 Å². The van der Waals surface area contributed by atoms with E-state index in [4.69, 9.17) is 0 Å². The zero-order valence-electron chi connectivity index (χ0n) is 9.89. The molecule has 1 aliphatic heterocycles. The fourth-order valence-corrected chi connectivity index (χ4v) is 2.15. The lowest BCUT2D eigenvalue weighted by atomic mass is 10.1. The number of carbonyl (C=O) groups excluding carboxylic acids is 2. The van der Waals surface area contributed by atoms with E-state index in [9.17, 15) is 18.0 Å². The standard InChI is InChI=1S/C9H17N3O4S/c1-12(2)17(15,16)4-3-10-9(14)7-5-8(13)11-6-7/h7H,3-6H2,1-2H3,(H,10,14)(H,11,13). The normalized spacial score (nSPS) is 20.4. The highest BCUT2D eigenvalue weighted by Gasteiger charge is 2.27. The Morgan fingerprint density at radius 2 is 2.18 bits per heavy atom. The molecule has 1 heterocycles. The van der Waals surface area contributed by atoms with Gasteiger partial charge in [-0.3, -0.25) is 9.59 Å². The first-order valence-electron chi connectivity index (χ1n) is 5.27. The number of nitrogens with zero attached hydrogens (tertiary/aromatic N) is 1. The first-order chi connectivity index (χ1) is 7.83. The number of nitrogens with one attached hydrogen (secondary N) is 2. The first kappa shape index (κ1) is 13.9. The number of hydrogen-bond acceptors (Lipinski definition) is 4. The van der Waals surface area contributed by atoms with Crippen LogP contribution in [-0.2, 0) is 19.6 Å². The van der Waals surface area contributed by atoms with Crippen molar-refractivity contribution in [3.05, 3.63) is 0 Å². The quantitative estimate of drug-likeness (QED) is 0.607. The molecule has 1 unspecified atom stereocenters. The average Bonchev–Trinajstić information content (AvgIpc) is 2.64. The summed E-state index contributed by atoms with van der Waals surface area (Å²) in [6.07, 6.45) is 0.173. The van der Waals surface area contributed by atoms with E-state index < -0.39 is 10.0 Å². The third-order valence-electron chi connectivity index (χ3n) is 2.56. The molecule has 2 N–H and O–H groups in total. The summed E-state index contributed by atoms with van der Waals surface area (Å²) in [7, 11) is -0.410. The van der Waals surface area contributed by atoms with E-state index >= 15 is 0 Å². The van der Waals surface area contributed by atoms with Crippen molar-refractivity contribution in [3.63, 3.8) is 0 Å². The molecular weight excluding hydrogens is 246 g/mol. The van der Waals surface area contributed by atoms with Gasteiger partial charge in [0.1, 0.15) is 0 Å². The topological polar surface area (TPSA) is 95.6 Å². The molecule has 17 heavy (non-hydrogen) atoms. The molecule has 0 aromatic heterocycles. The third kappa shape index (κ3) is 3.97. The maximum absolute atomic E-state index is 11.5. The van der Waals surface area contributed by atoms with Crippen LogP contribution in [0.4, 0.5) is 0 Å². The van der Waals surface area contributed by atoms with E-state index in [1.807, 2.05) is 0 Å². The lowest BCUT2D eigenvalue weighted by molar-refractivity contribution is -0.126. The zero-order chi connectivity index (χ0) is 13.1. The Hall–Kier alpha value is -1.15. The fourth-order valence-electron chi connectivity index (χ4n) is 1.42. The Morgan fingerprint density at radius 3 is 2.65 bits per heavy atom. The molecule has 7 nitrogen and oxygen atoms in total. The monoisotopic (exact) mass is 263 g/mol. The van der Waals surface area contributed by atoms with E-state index in [1.54, 1.807) is 0 Å². The number of sulfonamides is 1. The van der Waals surface area contributed by atoms with Crippen molar-refractivity contribution < 1.29 is 18.0 Å². The minimum atomic E-state index is -3.29. The van der Waals surface area contributed by atoms with Gasteiger partial charge in [-0.1, -0.05) is 0 Å². The van der Waals surface area contributed by atoms with Crippen molar-refractivity contribution in [1.82, 2.24) is 14.9 Å². The molecule has 0 saturated carbocycles. The predicted molar refractivity (Wildman–Crippen MR) is 61.6 cm³/mol. The number of carbonyl (C=O) groups is 2. The van der Waals surface area contributed by atoms with Gasteiger partial charge in [0, 0.05) is 33.6 Å². The maximum atomic E-state index is 11.5. The van der Waals surface area contributed by atoms with Crippen LogP contribution in [0.25, 0.3) is 0 Å². The van der Waals surface area contributed by atoms with Gasteiger partial charge in [-0.15, -0.1) is 0 Å². The summed E-state index contributed by atoms with van der Waals surface area (Å²) in [5, 5.41) is 5.07. The summed E-state index contributed by atoms with van der Waals surface area (Å²) < 4.78 is 23.9. The fraction of sp³-hybridized carbons (Fsp3) is 0.778. The van der Waals surface area contributed by atoms with E-state index in [0.717, 1.165) is 4.31 Å². The molecule has 0 spiro atoms. The van der Waals surface area contributed by atoms with Crippen molar-refractivity contribution >= 4 is 21.8 Å². The van der Waals surface area contributed by atoms with Gasteiger partial charge in [-0.2, -0.15) is 0 Å². The van der Waals surface area contributed by atoms with E-state index in [-0.39, 0.29) is 36.5 Å². The van der Waals surface area contributed by atoms with Crippen LogP contribution in [0.5, 0.6) is 0 Å². The van der Waals surface area contributed by atoms with Crippen LogP contribution >= 0.6 is 0 Å². The summed E-state index contributed by atoms with van der Waals surface area (Å²) in [6.45, 7) is 0.384. The minimum absolute atomic E-state index is 0.0596. The zero-order valence-corrected chi connectivity index (χ0v) is 10.7. The van der Waals surface area contributed by atoms with Gasteiger partial charge in [-0.25, -0.2) is 12.7 Å². The molecule has 0 aromatic carbocycles. The Morgan fingerprint density at radius 1 is 1.53 bits per heavy atom. The smallest absolute Gasteiger partial charge is 0.225 e. The SMILES string of the molecule is CN(C)S(=O)(=O)CCNC(=O)C1CNC(=O)C1. The lowest BCUT2D eigenvalue weighted by Crippen LogP contribution is -2.37. The second-order valence-electron chi connectivity index (χ2n) is 4.09. The van der Waals surface area contributed by atoms with Gasteiger partial charge in [0.15, 0.2) is 0 Å².